The van der Waals surface area contributed by atoms with Crippen molar-refractivity contribution in [1.82, 2.24) is 10.2 Å². The van der Waals surface area contributed by atoms with E-state index < -0.39 is 0 Å². The molecule has 1 saturated heterocycles. The van der Waals surface area contributed by atoms with Crippen molar-refractivity contribution in [1.29, 1.82) is 0 Å². The van der Waals surface area contributed by atoms with E-state index in [9.17, 15) is 4.79 Å². The van der Waals surface area contributed by atoms with Crippen LogP contribution in [0.1, 0.15) is 23.8 Å². The molecule has 1 saturated carbocycles. The highest BCUT2D eigenvalue weighted by Crippen LogP contribution is 2.28. The van der Waals surface area contributed by atoms with E-state index >= 15 is 0 Å². The second kappa shape index (κ2) is 7.41. The van der Waals surface area contributed by atoms with Crippen LogP contribution < -0.4 is 5.32 Å². The van der Waals surface area contributed by atoms with Gasteiger partial charge in [0, 0.05) is 11.4 Å². The summed E-state index contributed by atoms with van der Waals surface area (Å²) in [7, 11) is 0. The van der Waals surface area contributed by atoms with Gasteiger partial charge in [0.1, 0.15) is 6.10 Å². The number of amides is 1. The standard InChI is InChI=1S/C14H20N2O2S.ClH/c17-14(9-15-8-11-3-4-11)16-5-6-18-12(10-16)13-2-1-7-19-13;/h1-2,7,11-12,15H,3-6,8-10H2;1H. The van der Waals surface area contributed by atoms with Gasteiger partial charge in [-0.1, -0.05) is 6.07 Å². The average molecular weight is 317 g/mol. The molecule has 1 amide bonds. The highest BCUT2D eigenvalue weighted by atomic mass is 35.5. The Morgan fingerprint density at radius 1 is 1.50 bits per heavy atom. The number of halogens is 1. The van der Waals surface area contributed by atoms with Gasteiger partial charge in [0.2, 0.25) is 5.91 Å². The summed E-state index contributed by atoms with van der Waals surface area (Å²) in [6, 6.07) is 4.11. The van der Waals surface area contributed by atoms with Gasteiger partial charge >= 0.3 is 0 Å². The Hall–Kier alpha value is -0.620. The first kappa shape index (κ1) is 15.8. The fourth-order valence-electron chi connectivity index (χ4n) is 2.34. The van der Waals surface area contributed by atoms with Crippen LogP contribution in [0.5, 0.6) is 0 Å². The maximum atomic E-state index is 12.1. The Kier molecular flexibility index (Phi) is 5.84. The Labute approximate surface area is 129 Å². The zero-order chi connectivity index (χ0) is 13.1. The van der Waals surface area contributed by atoms with Crippen molar-refractivity contribution < 1.29 is 9.53 Å². The molecule has 1 aromatic rings. The van der Waals surface area contributed by atoms with E-state index in [0.29, 0.717) is 26.2 Å². The lowest BCUT2D eigenvalue weighted by Crippen LogP contribution is -2.45. The summed E-state index contributed by atoms with van der Waals surface area (Å²) in [4.78, 5) is 15.3. The summed E-state index contributed by atoms with van der Waals surface area (Å²) in [5, 5.41) is 5.32. The third-order valence-corrected chi connectivity index (χ3v) is 4.65. The van der Waals surface area contributed by atoms with Gasteiger partial charge in [0.25, 0.3) is 0 Å². The number of carbonyl (C=O) groups excluding carboxylic acids is 1. The van der Waals surface area contributed by atoms with E-state index in [0.717, 1.165) is 12.5 Å². The van der Waals surface area contributed by atoms with E-state index in [2.05, 4.69) is 16.8 Å². The van der Waals surface area contributed by atoms with Gasteiger partial charge in [-0.2, -0.15) is 0 Å². The molecule has 2 fully saturated rings. The molecule has 0 radical (unpaired) electrons. The van der Waals surface area contributed by atoms with Crippen molar-refractivity contribution in [2.24, 2.45) is 5.92 Å². The summed E-state index contributed by atoms with van der Waals surface area (Å²) in [6.07, 6.45) is 2.69. The van der Waals surface area contributed by atoms with Gasteiger partial charge in [-0.3, -0.25) is 4.79 Å². The molecule has 1 aliphatic heterocycles. The van der Waals surface area contributed by atoms with Crippen LogP contribution >= 0.6 is 23.7 Å². The fourth-order valence-corrected chi connectivity index (χ4v) is 3.11. The molecule has 20 heavy (non-hydrogen) atoms. The molecule has 1 unspecified atom stereocenters. The second-order valence-corrected chi connectivity index (χ2v) is 6.27. The number of hydrogen-bond acceptors (Lipinski definition) is 4. The lowest BCUT2D eigenvalue weighted by atomic mass is 10.2. The van der Waals surface area contributed by atoms with Crippen LogP contribution in [0.4, 0.5) is 0 Å². The number of nitrogens with zero attached hydrogens (tertiary/aromatic N) is 1. The molecule has 0 aromatic carbocycles. The van der Waals surface area contributed by atoms with E-state index in [1.165, 1.54) is 17.7 Å². The maximum Gasteiger partial charge on any atom is 0.236 e. The lowest BCUT2D eigenvalue weighted by molar-refractivity contribution is -0.137. The first-order valence-electron chi connectivity index (χ1n) is 6.96. The number of carbonyl (C=O) groups is 1. The van der Waals surface area contributed by atoms with Crippen LogP contribution in [0.25, 0.3) is 0 Å². The summed E-state index contributed by atoms with van der Waals surface area (Å²) < 4.78 is 5.75. The quantitative estimate of drug-likeness (QED) is 0.904. The monoisotopic (exact) mass is 316 g/mol. The minimum Gasteiger partial charge on any atom is -0.369 e. The number of ether oxygens (including phenoxy) is 1. The lowest BCUT2D eigenvalue weighted by Gasteiger charge is -2.32. The molecule has 1 atom stereocenters. The van der Waals surface area contributed by atoms with Crippen LogP contribution in [0.2, 0.25) is 0 Å². The average Bonchev–Trinajstić information content (AvgIpc) is 3.10. The largest absolute Gasteiger partial charge is 0.369 e. The summed E-state index contributed by atoms with van der Waals surface area (Å²) in [5.74, 6) is 1.02. The molecule has 2 aliphatic rings. The summed E-state index contributed by atoms with van der Waals surface area (Å²) in [5.41, 5.74) is 0. The highest BCUT2D eigenvalue weighted by Gasteiger charge is 2.26. The van der Waals surface area contributed by atoms with Crippen molar-refractivity contribution in [3.63, 3.8) is 0 Å². The van der Waals surface area contributed by atoms with E-state index in [-0.39, 0.29) is 24.4 Å². The molecule has 6 heteroatoms. The highest BCUT2D eigenvalue weighted by molar-refractivity contribution is 7.10. The molecular formula is C14H21ClN2O2S. The Bertz CT molecular complexity index is 423. The first-order valence-corrected chi connectivity index (χ1v) is 7.84. The number of thiophene rings is 1. The minimum absolute atomic E-state index is 0. The van der Waals surface area contributed by atoms with Gasteiger partial charge in [-0.15, -0.1) is 23.7 Å². The van der Waals surface area contributed by atoms with Crippen molar-refractivity contribution in [3.8, 4) is 0 Å². The normalized spacial score (nSPS) is 22.4. The third kappa shape index (κ3) is 4.19. The Morgan fingerprint density at radius 2 is 2.35 bits per heavy atom. The molecule has 112 valence electrons. The molecule has 4 nitrogen and oxygen atoms in total. The van der Waals surface area contributed by atoms with Gasteiger partial charge in [0.15, 0.2) is 0 Å². The topological polar surface area (TPSA) is 41.6 Å². The summed E-state index contributed by atoms with van der Waals surface area (Å²) in [6.45, 7) is 3.49. The molecular weight excluding hydrogens is 296 g/mol. The van der Waals surface area contributed by atoms with E-state index in [1.807, 2.05) is 11.0 Å². The van der Waals surface area contributed by atoms with Gasteiger partial charge in [-0.05, 0) is 36.8 Å². The molecule has 1 aliphatic carbocycles. The van der Waals surface area contributed by atoms with Gasteiger partial charge in [0.05, 0.1) is 19.7 Å². The number of nitrogens with one attached hydrogen (secondary N) is 1. The molecule has 2 heterocycles. The molecule has 3 rings (SSSR count). The summed E-state index contributed by atoms with van der Waals surface area (Å²) >= 11 is 1.69. The van der Waals surface area contributed by atoms with Crippen LogP contribution in [0, 0.1) is 5.92 Å². The van der Waals surface area contributed by atoms with Gasteiger partial charge in [-0.25, -0.2) is 0 Å². The van der Waals surface area contributed by atoms with Crippen LogP contribution in [0.15, 0.2) is 17.5 Å². The zero-order valence-corrected chi connectivity index (χ0v) is 13.0. The maximum absolute atomic E-state index is 12.1. The molecule has 1 aromatic heterocycles. The first-order chi connectivity index (χ1) is 9.33. The van der Waals surface area contributed by atoms with Crippen molar-refractivity contribution in [2.75, 3.05) is 32.8 Å². The Morgan fingerprint density at radius 3 is 3.05 bits per heavy atom. The smallest absolute Gasteiger partial charge is 0.236 e. The minimum atomic E-state index is 0. The molecule has 0 spiro atoms. The van der Waals surface area contributed by atoms with Crippen molar-refractivity contribution in [3.05, 3.63) is 22.4 Å². The predicted octanol–water partition coefficient (Wildman–Crippen LogP) is 2.07. The number of hydrogen-bond donors (Lipinski definition) is 1. The number of morpholine rings is 1. The fraction of sp³-hybridized carbons (Fsp3) is 0.643. The second-order valence-electron chi connectivity index (χ2n) is 5.29. The van der Waals surface area contributed by atoms with E-state index in [1.54, 1.807) is 11.3 Å². The predicted molar refractivity (Wildman–Crippen MR) is 82.4 cm³/mol. The van der Waals surface area contributed by atoms with Crippen LogP contribution in [-0.2, 0) is 9.53 Å². The van der Waals surface area contributed by atoms with Crippen molar-refractivity contribution in [2.45, 2.75) is 18.9 Å². The van der Waals surface area contributed by atoms with Crippen LogP contribution in [-0.4, -0.2) is 43.6 Å². The Balaban J connectivity index is 0.00000147. The van der Waals surface area contributed by atoms with E-state index in [4.69, 9.17) is 4.74 Å². The molecule has 1 N–H and O–H groups in total. The third-order valence-electron chi connectivity index (χ3n) is 3.69. The zero-order valence-electron chi connectivity index (χ0n) is 11.4. The van der Waals surface area contributed by atoms with Crippen LogP contribution in [0.3, 0.4) is 0 Å². The SMILES string of the molecule is Cl.O=C(CNCC1CC1)N1CCOC(c2cccs2)C1. The van der Waals surface area contributed by atoms with Gasteiger partial charge < -0.3 is 15.0 Å². The van der Waals surface area contributed by atoms with Crippen molar-refractivity contribution >= 4 is 29.7 Å². The molecule has 0 bridgehead atoms. The number of rotatable bonds is 5.